The van der Waals surface area contributed by atoms with E-state index in [0.717, 1.165) is 24.5 Å². The van der Waals surface area contributed by atoms with Crippen LogP contribution in [0.2, 0.25) is 0 Å². The lowest BCUT2D eigenvalue weighted by atomic mass is 9.76. The standard InChI is InChI=1S/C14H24N2O/c1-4-11-5-6-14(17)12(8-11)9-13-7-10(2)15-16(13)3/h7,11-12,14,17H,4-6,8-9H2,1-3H3. The van der Waals surface area contributed by atoms with E-state index in [0.29, 0.717) is 5.92 Å². The van der Waals surface area contributed by atoms with Crippen molar-refractivity contribution in [2.75, 3.05) is 0 Å². The molecule has 1 aromatic rings. The highest BCUT2D eigenvalue weighted by Gasteiger charge is 2.29. The first kappa shape index (κ1) is 12.6. The zero-order valence-electron chi connectivity index (χ0n) is 11.2. The van der Waals surface area contributed by atoms with Crippen LogP contribution in [0.25, 0.3) is 0 Å². The van der Waals surface area contributed by atoms with E-state index in [-0.39, 0.29) is 6.10 Å². The lowest BCUT2D eigenvalue weighted by Crippen LogP contribution is -2.31. The molecule has 1 aromatic heterocycles. The molecule has 1 heterocycles. The highest BCUT2D eigenvalue weighted by atomic mass is 16.3. The number of aliphatic hydroxyl groups is 1. The predicted octanol–water partition coefficient (Wildman–Crippen LogP) is 2.46. The number of aliphatic hydroxyl groups excluding tert-OH is 1. The zero-order valence-corrected chi connectivity index (χ0v) is 11.2. The van der Waals surface area contributed by atoms with Gasteiger partial charge in [0, 0.05) is 12.7 Å². The van der Waals surface area contributed by atoms with Gasteiger partial charge in [-0.1, -0.05) is 13.3 Å². The van der Waals surface area contributed by atoms with Gasteiger partial charge in [-0.15, -0.1) is 0 Å². The summed E-state index contributed by atoms with van der Waals surface area (Å²) in [5, 5.41) is 14.5. The fraction of sp³-hybridized carbons (Fsp3) is 0.786. The van der Waals surface area contributed by atoms with Gasteiger partial charge in [0.15, 0.2) is 0 Å². The maximum atomic E-state index is 10.1. The molecule has 96 valence electrons. The van der Waals surface area contributed by atoms with Gasteiger partial charge in [0.2, 0.25) is 0 Å². The van der Waals surface area contributed by atoms with Gasteiger partial charge in [-0.05, 0) is 50.5 Å². The highest BCUT2D eigenvalue weighted by molar-refractivity contribution is 5.10. The molecular weight excluding hydrogens is 212 g/mol. The first-order chi connectivity index (χ1) is 8.10. The highest BCUT2D eigenvalue weighted by Crippen LogP contribution is 2.33. The molecule has 1 saturated carbocycles. The molecule has 3 heteroatoms. The Labute approximate surface area is 104 Å². The minimum absolute atomic E-state index is 0.118. The van der Waals surface area contributed by atoms with E-state index in [9.17, 15) is 5.11 Å². The van der Waals surface area contributed by atoms with Crippen molar-refractivity contribution >= 4 is 0 Å². The summed E-state index contributed by atoms with van der Waals surface area (Å²) in [5.74, 6) is 1.22. The van der Waals surface area contributed by atoms with E-state index < -0.39 is 0 Å². The fourth-order valence-electron chi connectivity index (χ4n) is 3.06. The van der Waals surface area contributed by atoms with Crippen molar-refractivity contribution in [1.29, 1.82) is 0 Å². The second kappa shape index (κ2) is 5.21. The Hall–Kier alpha value is -0.830. The average Bonchev–Trinajstić information content (AvgIpc) is 2.60. The quantitative estimate of drug-likeness (QED) is 0.875. The molecule has 2 rings (SSSR count). The number of nitrogens with zero attached hydrogens (tertiary/aromatic N) is 2. The maximum Gasteiger partial charge on any atom is 0.0596 e. The van der Waals surface area contributed by atoms with Gasteiger partial charge < -0.3 is 5.11 Å². The molecular formula is C14H24N2O. The van der Waals surface area contributed by atoms with E-state index in [1.165, 1.54) is 25.0 Å². The monoisotopic (exact) mass is 236 g/mol. The summed E-state index contributed by atoms with van der Waals surface area (Å²) in [6.07, 6.45) is 5.43. The SMILES string of the molecule is CCC1CCC(O)C(Cc2cc(C)nn2C)C1. The van der Waals surface area contributed by atoms with E-state index in [1.54, 1.807) is 0 Å². The number of rotatable bonds is 3. The molecule has 17 heavy (non-hydrogen) atoms. The third kappa shape index (κ3) is 2.89. The second-order valence-electron chi connectivity index (χ2n) is 5.52. The summed E-state index contributed by atoms with van der Waals surface area (Å²) >= 11 is 0. The van der Waals surface area contributed by atoms with Crippen molar-refractivity contribution in [2.45, 2.75) is 52.1 Å². The Morgan fingerprint density at radius 2 is 2.24 bits per heavy atom. The molecule has 1 aliphatic rings. The molecule has 0 radical (unpaired) electrons. The van der Waals surface area contributed by atoms with Crippen LogP contribution < -0.4 is 0 Å². The number of aromatic nitrogens is 2. The molecule has 1 N–H and O–H groups in total. The fourth-order valence-corrected chi connectivity index (χ4v) is 3.06. The molecule has 0 saturated heterocycles. The van der Waals surface area contributed by atoms with Gasteiger partial charge in [0.05, 0.1) is 11.8 Å². The van der Waals surface area contributed by atoms with Crippen LogP contribution in [0.1, 0.15) is 44.0 Å². The Morgan fingerprint density at radius 1 is 1.47 bits per heavy atom. The third-order valence-corrected chi connectivity index (χ3v) is 4.20. The largest absolute Gasteiger partial charge is 0.393 e. The maximum absolute atomic E-state index is 10.1. The van der Waals surface area contributed by atoms with Gasteiger partial charge in [-0.2, -0.15) is 5.10 Å². The van der Waals surface area contributed by atoms with Crippen molar-refractivity contribution in [3.8, 4) is 0 Å². The molecule has 1 fully saturated rings. The Kier molecular flexibility index (Phi) is 3.87. The van der Waals surface area contributed by atoms with Crippen molar-refractivity contribution in [3.05, 3.63) is 17.5 Å². The van der Waals surface area contributed by atoms with Crippen LogP contribution >= 0.6 is 0 Å². The smallest absolute Gasteiger partial charge is 0.0596 e. The summed E-state index contributed by atoms with van der Waals surface area (Å²) in [5.41, 5.74) is 2.32. The molecule has 0 aromatic carbocycles. The lowest BCUT2D eigenvalue weighted by molar-refractivity contribution is 0.0466. The van der Waals surface area contributed by atoms with Crippen LogP contribution in [-0.4, -0.2) is 21.0 Å². The van der Waals surface area contributed by atoms with Crippen LogP contribution in [0.15, 0.2) is 6.07 Å². The minimum atomic E-state index is -0.118. The molecule has 0 aliphatic heterocycles. The van der Waals surface area contributed by atoms with E-state index >= 15 is 0 Å². The Bertz CT molecular complexity index is 372. The van der Waals surface area contributed by atoms with Crippen LogP contribution in [0.3, 0.4) is 0 Å². The Balaban J connectivity index is 2.03. The van der Waals surface area contributed by atoms with Crippen LogP contribution in [0, 0.1) is 18.8 Å². The van der Waals surface area contributed by atoms with Gasteiger partial charge >= 0.3 is 0 Å². The summed E-state index contributed by atoms with van der Waals surface area (Å²) in [7, 11) is 1.99. The van der Waals surface area contributed by atoms with Gasteiger partial charge in [0.1, 0.15) is 0 Å². The summed E-state index contributed by atoms with van der Waals surface area (Å²) in [6, 6.07) is 2.14. The molecule has 3 unspecified atom stereocenters. The van der Waals surface area contributed by atoms with E-state index in [1.807, 2.05) is 18.7 Å². The first-order valence-electron chi connectivity index (χ1n) is 6.77. The molecule has 0 bridgehead atoms. The molecule has 3 atom stereocenters. The topological polar surface area (TPSA) is 38.1 Å². The first-order valence-corrected chi connectivity index (χ1v) is 6.77. The zero-order chi connectivity index (χ0) is 12.4. The van der Waals surface area contributed by atoms with Crippen molar-refractivity contribution in [1.82, 2.24) is 9.78 Å². The van der Waals surface area contributed by atoms with Gasteiger partial charge in [-0.25, -0.2) is 0 Å². The third-order valence-electron chi connectivity index (χ3n) is 4.20. The van der Waals surface area contributed by atoms with Crippen LogP contribution in [0.4, 0.5) is 0 Å². The predicted molar refractivity (Wildman–Crippen MR) is 68.8 cm³/mol. The second-order valence-corrected chi connectivity index (χ2v) is 5.52. The van der Waals surface area contributed by atoms with Crippen molar-refractivity contribution < 1.29 is 5.11 Å². The number of hydrogen-bond donors (Lipinski definition) is 1. The summed E-state index contributed by atoms with van der Waals surface area (Å²) in [4.78, 5) is 0. The lowest BCUT2D eigenvalue weighted by Gasteiger charge is -2.32. The van der Waals surface area contributed by atoms with Crippen molar-refractivity contribution in [2.24, 2.45) is 18.9 Å². The Morgan fingerprint density at radius 3 is 2.82 bits per heavy atom. The minimum Gasteiger partial charge on any atom is -0.393 e. The molecule has 3 nitrogen and oxygen atoms in total. The molecule has 0 spiro atoms. The van der Waals surface area contributed by atoms with Gasteiger partial charge in [0.25, 0.3) is 0 Å². The summed E-state index contributed by atoms with van der Waals surface area (Å²) in [6.45, 7) is 4.28. The van der Waals surface area contributed by atoms with Crippen LogP contribution in [0.5, 0.6) is 0 Å². The van der Waals surface area contributed by atoms with E-state index in [2.05, 4.69) is 18.1 Å². The molecule has 1 aliphatic carbocycles. The van der Waals surface area contributed by atoms with E-state index in [4.69, 9.17) is 0 Å². The van der Waals surface area contributed by atoms with Crippen LogP contribution in [-0.2, 0) is 13.5 Å². The van der Waals surface area contributed by atoms with Crippen molar-refractivity contribution in [3.63, 3.8) is 0 Å². The normalized spacial score (nSPS) is 29.5. The summed E-state index contributed by atoms with van der Waals surface area (Å²) < 4.78 is 1.96. The molecule has 0 amide bonds. The van der Waals surface area contributed by atoms with Gasteiger partial charge in [-0.3, -0.25) is 4.68 Å². The number of aryl methyl sites for hydroxylation is 2. The average molecular weight is 236 g/mol. The number of hydrogen-bond acceptors (Lipinski definition) is 2.